The molecule has 3 fully saturated rings. The molecule has 5 nitrogen and oxygen atoms in total. The zero-order valence-corrected chi connectivity index (χ0v) is 15.9. The number of para-hydroxylation sites is 1. The molecular formula is C21H26FN3O2. The summed E-state index contributed by atoms with van der Waals surface area (Å²) in [5.74, 6) is -0.163. The number of nitrogens with one attached hydrogen (secondary N) is 1. The summed E-state index contributed by atoms with van der Waals surface area (Å²) in [6.45, 7) is 5.83. The fourth-order valence-corrected chi connectivity index (χ4v) is 4.64. The number of hydrogen-bond acceptors (Lipinski definition) is 2. The lowest BCUT2D eigenvalue weighted by Crippen LogP contribution is -2.48. The number of nitrogens with zero attached hydrogens (tertiary/aromatic N) is 2. The van der Waals surface area contributed by atoms with Gasteiger partial charge in [0.2, 0.25) is 11.8 Å². The van der Waals surface area contributed by atoms with E-state index in [0.717, 1.165) is 42.5 Å². The maximum atomic E-state index is 14.0. The Hall–Kier alpha value is -2.37. The first-order valence-corrected chi connectivity index (χ1v) is 9.83. The molecular weight excluding hydrogens is 345 g/mol. The van der Waals surface area contributed by atoms with Crippen LogP contribution in [0.25, 0.3) is 10.9 Å². The number of aromatic nitrogens is 1. The summed E-state index contributed by atoms with van der Waals surface area (Å²) in [6.07, 6.45) is 3.00. The lowest BCUT2D eigenvalue weighted by molar-refractivity contribution is -0.139. The van der Waals surface area contributed by atoms with Crippen molar-refractivity contribution in [2.75, 3.05) is 19.6 Å². The van der Waals surface area contributed by atoms with E-state index >= 15 is 0 Å². The maximum Gasteiger partial charge on any atom is 0.227 e. The van der Waals surface area contributed by atoms with Gasteiger partial charge in [0.05, 0.1) is 17.9 Å². The maximum absolute atomic E-state index is 14.0. The van der Waals surface area contributed by atoms with Gasteiger partial charge in [-0.3, -0.25) is 9.59 Å². The summed E-state index contributed by atoms with van der Waals surface area (Å²) < 4.78 is 14.0. The van der Waals surface area contributed by atoms with Crippen LogP contribution in [0, 0.1) is 18.7 Å². The van der Waals surface area contributed by atoms with Crippen molar-refractivity contribution in [3.8, 4) is 0 Å². The molecule has 3 aliphatic heterocycles. The Bertz CT molecular complexity index is 891. The van der Waals surface area contributed by atoms with Crippen molar-refractivity contribution >= 4 is 22.7 Å². The van der Waals surface area contributed by atoms with Gasteiger partial charge in [-0.05, 0) is 37.8 Å². The smallest absolute Gasteiger partial charge is 0.227 e. The van der Waals surface area contributed by atoms with Crippen LogP contribution in [-0.2, 0) is 16.0 Å². The number of aryl methyl sites for hydroxylation is 1. The van der Waals surface area contributed by atoms with Crippen molar-refractivity contribution < 1.29 is 14.0 Å². The van der Waals surface area contributed by atoms with Crippen LogP contribution in [0.5, 0.6) is 0 Å². The first-order chi connectivity index (χ1) is 13.0. The molecule has 1 aromatic heterocycles. The van der Waals surface area contributed by atoms with Crippen molar-refractivity contribution in [2.24, 2.45) is 5.92 Å². The molecule has 4 heterocycles. The van der Waals surface area contributed by atoms with Gasteiger partial charge in [0.1, 0.15) is 5.82 Å². The first-order valence-electron chi connectivity index (χ1n) is 9.83. The van der Waals surface area contributed by atoms with Gasteiger partial charge < -0.3 is 14.8 Å². The van der Waals surface area contributed by atoms with Crippen molar-refractivity contribution in [1.82, 2.24) is 14.8 Å². The number of benzene rings is 1. The van der Waals surface area contributed by atoms with Crippen molar-refractivity contribution in [2.45, 2.75) is 45.6 Å². The Morgan fingerprint density at radius 1 is 1.30 bits per heavy atom. The summed E-state index contributed by atoms with van der Waals surface area (Å²) in [4.78, 5) is 32.7. The number of hydrogen-bond donors (Lipinski definition) is 1. The van der Waals surface area contributed by atoms with Crippen LogP contribution in [0.1, 0.15) is 37.4 Å². The summed E-state index contributed by atoms with van der Waals surface area (Å²) in [5, 5.41) is 0.766. The number of carbonyl (C=O) groups excluding carboxylic acids is 2. The second kappa shape index (κ2) is 6.98. The molecule has 0 radical (unpaired) electrons. The average Bonchev–Trinajstić information content (AvgIpc) is 2.80. The molecule has 27 heavy (non-hydrogen) atoms. The van der Waals surface area contributed by atoms with Crippen molar-refractivity contribution in [3.05, 3.63) is 35.3 Å². The molecule has 0 aliphatic carbocycles. The van der Waals surface area contributed by atoms with Crippen LogP contribution in [0.4, 0.5) is 4.39 Å². The van der Waals surface area contributed by atoms with Crippen LogP contribution in [0.3, 0.4) is 0 Å². The van der Waals surface area contributed by atoms with Crippen molar-refractivity contribution in [1.29, 1.82) is 0 Å². The molecule has 3 aliphatic rings. The van der Waals surface area contributed by atoms with E-state index in [1.807, 2.05) is 22.8 Å². The van der Waals surface area contributed by atoms with Gasteiger partial charge in [0.25, 0.3) is 0 Å². The van der Waals surface area contributed by atoms with E-state index in [1.54, 1.807) is 6.07 Å². The Morgan fingerprint density at radius 3 is 2.89 bits per heavy atom. The minimum Gasteiger partial charge on any atom is -0.356 e. The predicted octanol–water partition coefficient (Wildman–Crippen LogP) is 3.02. The number of halogens is 1. The fourth-order valence-electron chi connectivity index (χ4n) is 4.64. The number of piperidine rings is 1. The predicted molar refractivity (Wildman–Crippen MR) is 102 cm³/mol. The van der Waals surface area contributed by atoms with E-state index in [2.05, 4.69) is 11.9 Å². The largest absolute Gasteiger partial charge is 0.356 e. The molecule has 0 unspecified atom stereocenters. The molecule has 2 amide bonds. The fraction of sp³-hybridized carbons (Fsp3) is 0.524. The van der Waals surface area contributed by atoms with Gasteiger partial charge in [0.15, 0.2) is 0 Å². The summed E-state index contributed by atoms with van der Waals surface area (Å²) in [7, 11) is 0. The third kappa shape index (κ3) is 3.11. The number of carbonyl (C=O) groups is 2. The van der Waals surface area contributed by atoms with Crippen LogP contribution >= 0.6 is 0 Å². The molecule has 0 spiro atoms. The third-order valence-electron chi connectivity index (χ3n) is 6.04. The molecule has 0 saturated carbocycles. The average molecular weight is 371 g/mol. The minimum absolute atomic E-state index is 0.0197. The van der Waals surface area contributed by atoms with Crippen LogP contribution in [-0.4, -0.2) is 52.3 Å². The number of aromatic amines is 1. The van der Waals surface area contributed by atoms with E-state index in [9.17, 15) is 14.0 Å². The lowest BCUT2D eigenvalue weighted by atomic mass is 9.94. The second-order valence-electron chi connectivity index (χ2n) is 7.83. The van der Waals surface area contributed by atoms with E-state index in [1.165, 1.54) is 6.07 Å². The topological polar surface area (TPSA) is 56.4 Å². The van der Waals surface area contributed by atoms with Gasteiger partial charge in [-0.1, -0.05) is 19.1 Å². The minimum atomic E-state index is -0.303. The summed E-state index contributed by atoms with van der Waals surface area (Å²) in [5.41, 5.74) is 2.13. The monoisotopic (exact) mass is 371 g/mol. The first kappa shape index (κ1) is 18.0. The Morgan fingerprint density at radius 2 is 2.11 bits per heavy atom. The van der Waals surface area contributed by atoms with Gasteiger partial charge in [-0.15, -0.1) is 0 Å². The number of amides is 2. The molecule has 1 N–H and O–H groups in total. The Kier molecular flexibility index (Phi) is 4.66. The summed E-state index contributed by atoms with van der Waals surface area (Å²) >= 11 is 0. The highest BCUT2D eigenvalue weighted by Crippen LogP contribution is 2.30. The lowest BCUT2D eigenvalue weighted by Gasteiger charge is -2.35. The van der Waals surface area contributed by atoms with Crippen LogP contribution in [0.2, 0.25) is 0 Å². The molecule has 1 aromatic carbocycles. The van der Waals surface area contributed by atoms with Gasteiger partial charge in [-0.2, -0.15) is 0 Å². The molecule has 2 aromatic rings. The zero-order chi connectivity index (χ0) is 19.1. The van der Waals surface area contributed by atoms with E-state index in [0.29, 0.717) is 18.6 Å². The normalized spacial score (nSPS) is 22.6. The van der Waals surface area contributed by atoms with E-state index in [-0.39, 0.29) is 36.0 Å². The highest BCUT2D eigenvalue weighted by atomic mass is 19.1. The number of H-pyrrole nitrogens is 1. The molecule has 144 valence electrons. The molecule has 5 rings (SSSR count). The molecule has 2 bridgehead atoms. The van der Waals surface area contributed by atoms with Gasteiger partial charge >= 0.3 is 0 Å². The second-order valence-corrected chi connectivity index (χ2v) is 7.83. The highest BCUT2D eigenvalue weighted by molar-refractivity contribution is 5.91. The Labute approximate surface area is 158 Å². The third-order valence-corrected chi connectivity index (χ3v) is 6.04. The SMILES string of the molecule is CCCN1C(=O)[C@H]2CC[C@@H]1CN(C(=O)Cc1c(C)[nH]c3c(F)cccc13)C2. The van der Waals surface area contributed by atoms with Crippen molar-refractivity contribution in [3.63, 3.8) is 0 Å². The molecule has 6 heteroatoms. The molecule has 2 atom stereocenters. The van der Waals surface area contributed by atoms with Gasteiger partial charge in [0, 0.05) is 36.8 Å². The van der Waals surface area contributed by atoms with Crippen LogP contribution in [0.15, 0.2) is 18.2 Å². The zero-order valence-electron chi connectivity index (χ0n) is 15.9. The van der Waals surface area contributed by atoms with Gasteiger partial charge in [-0.25, -0.2) is 4.39 Å². The van der Waals surface area contributed by atoms with Crippen LogP contribution < -0.4 is 0 Å². The number of fused-ring (bicyclic) bond motifs is 5. The van der Waals surface area contributed by atoms with E-state index in [4.69, 9.17) is 0 Å². The standard InChI is InChI=1S/C21H26FN3O2/c1-3-9-25-15-8-7-14(21(25)27)11-24(12-15)19(26)10-17-13(2)23-20-16(17)5-4-6-18(20)22/h4-6,14-15,23H,3,7-12H2,1-2H3/t14-,15+/m0/s1. The quantitative estimate of drug-likeness (QED) is 0.898. The highest BCUT2D eigenvalue weighted by Gasteiger charge is 2.41. The summed E-state index contributed by atoms with van der Waals surface area (Å²) in [6, 6.07) is 5.07. The number of rotatable bonds is 4. The molecule has 3 saturated heterocycles. The Balaban J connectivity index is 1.57. The van der Waals surface area contributed by atoms with E-state index < -0.39 is 0 Å².